The second kappa shape index (κ2) is 5.82. The van der Waals surface area contributed by atoms with Gasteiger partial charge in [0.05, 0.1) is 0 Å². The van der Waals surface area contributed by atoms with Gasteiger partial charge in [-0.25, -0.2) is 15.0 Å². The molecule has 0 aromatic carbocycles. The van der Waals surface area contributed by atoms with Crippen LogP contribution in [0.1, 0.15) is 39.2 Å². The lowest BCUT2D eigenvalue weighted by molar-refractivity contribution is 0.760. The van der Waals surface area contributed by atoms with Crippen LogP contribution in [0.5, 0.6) is 0 Å². The van der Waals surface area contributed by atoms with Crippen molar-refractivity contribution in [2.75, 3.05) is 11.9 Å². The van der Waals surface area contributed by atoms with E-state index in [2.05, 4.69) is 52.5 Å². The van der Waals surface area contributed by atoms with E-state index >= 15 is 0 Å². The fourth-order valence-corrected chi connectivity index (χ4v) is 2.21. The third kappa shape index (κ3) is 2.59. The Hall–Kier alpha value is -1.91. The van der Waals surface area contributed by atoms with Gasteiger partial charge >= 0.3 is 0 Å². The summed E-state index contributed by atoms with van der Waals surface area (Å²) < 4.78 is 2.10. The smallest absolute Gasteiger partial charge is 0.159 e. The first kappa shape index (κ1) is 13.5. The molecule has 0 saturated carbocycles. The van der Waals surface area contributed by atoms with Crippen LogP contribution in [0.2, 0.25) is 0 Å². The maximum Gasteiger partial charge on any atom is 0.159 e. The van der Waals surface area contributed by atoms with E-state index in [1.165, 1.54) is 0 Å². The van der Waals surface area contributed by atoms with Gasteiger partial charge in [-0.2, -0.15) is 0 Å². The lowest BCUT2D eigenvalue weighted by Gasteiger charge is -2.16. The van der Waals surface area contributed by atoms with Crippen LogP contribution in [-0.4, -0.2) is 26.1 Å². The first-order valence-electron chi connectivity index (χ1n) is 6.79. The maximum absolute atomic E-state index is 4.46. The summed E-state index contributed by atoms with van der Waals surface area (Å²) in [6.45, 7) is 10.2. The summed E-state index contributed by atoms with van der Waals surface area (Å²) in [6, 6.07) is 0. The summed E-state index contributed by atoms with van der Waals surface area (Å²) in [5, 5.41) is 3.31. The Kier molecular flexibility index (Phi) is 4.14. The highest BCUT2D eigenvalue weighted by Gasteiger charge is 2.18. The number of hydrogen-bond acceptors (Lipinski definition) is 4. The molecule has 5 nitrogen and oxygen atoms in total. The second-order valence-corrected chi connectivity index (χ2v) is 4.71. The van der Waals surface area contributed by atoms with Crippen molar-refractivity contribution in [3.63, 3.8) is 0 Å². The molecule has 2 aromatic heterocycles. The van der Waals surface area contributed by atoms with Gasteiger partial charge in [0.2, 0.25) is 0 Å². The van der Waals surface area contributed by atoms with Crippen LogP contribution in [0.25, 0.3) is 11.5 Å². The van der Waals surface area contributed by atoms with E-state index in [-0.39, 0.29) is 0 Å². The molecule has 0 unspecified atom stereocenters. The number of nitrogens with one attached hydrogen (secondary N) is 1. The average molecular weight is 259 g/mol. The number of imidazole rings is 1. The van der Waals surface area contributed by atoms with Crippen molar-refractivity contribution >= 4 is 5.82 Å². The van der Waals surface area contributed by atoms with Crippen molar-refractivity contribution in [3.05, 3.63) is 24.3 Å². The van der Waals surface area contributed by atoms with Gasteiger partial charge in [-0.3, -0.25) is 0 Å². The highest BCUT2D eigenvalue weighted by Crippen LogP contribution is 2.30. The first-order chi connectivity index (χ1) is 9.19. The van der Waals surface area contributed by atoms with Crippen LogP contribution in [0.15, 0.2) is 18.7 Å². The fraction of sp³-hybridized carbons (Fsp3) is 0.500. The molecule has 0 bridgehead atoms. The van der Waals surface area contributed by atoms with Crippen LogP contribution in [0.4, 0.5) is 5.82 Å². The molecule has 2 aromatic rings. The van der Waals surface area contributed by atoms with Crippen LogP contribution >= 0.6 is 0 Å². The summed E-state index contributed by atoms with van der Waals surface area (Å²) >= 11 is 0. The van der Waals surface area contributed by atoms with Crippen LogP contribution in [0.3, 0.4) is 0 Å². The minimum Gasteiger partial charge on any atom is -0.370 e. The molecule has 1 N–H and O–H groups in total. The Bertz CT molecular complexity index is 545. The number of nitrogens with zero attached hydrogens (tertiary/aromatic N) is 4. The highest BCUT2D eigenvalue weighted by atomic mass is 15.1. The Morgan fingerprint density at radius 2 is 2.00 bits per heavy atom. The summed E-state index contributed by atoms with van der Waals surface area (Å²) in [7, 11) is 0. The van der Waals surface area contributed by atoms with E-state index in [4.69, 9.17) is 0 Å². The molecule has 2 heterocycles. The highest BCUT2D eigenvalue weighted by molar-refractivity contribution is 5.64. The van der Waals surface area contributed by atoms with Gasteiger partial charge in [0.15, 0.2) is 5.82 Å². The minimum atomic E-state index is 0.340. The van der Waals surface area contributed by atoms with Crippen LogP contribution in [0, 0.1) is 0 Å². The molecule has 2 rings (SSSR count). The zero-order chi connectivity index (χ0) is 13.8. The Morgan fingerprint density at radius 1 is 1.21 bits per heavy atom. The molecule has 0 fully saturated rings. The number of aromatic nitrogens is 4. The minimum absolute atomic E-state index is 0.340. The molecule has 0 aliphatic carbocycles. The average Bonchev–Trinajstić information content (AvgIpc) is 2.86. The molecule has 5 heteroatoms. The quantitative estimate of drug-likeness (QED) is 0.897. The second-order valence-electron chi connectivity index (χ2n) is 4.71. The third-order valence-electron chi connectivity index (χ3n) is 3.07. The van der Waals surface area contributed by atoms with Gasteiger partial charge < -0.3 is 9.88 Å². The monoisotopic (exact) mass is 259 g/mol. The SMILES string of the molecule is CCNc1ncnc(-c2nccn2CC)c1C(C)C. The molecule has 0 amide bonds. The molecular weight excluding hydrogens is 238 g/mol. The van der Waals surface area contributed by atoms with Gasteiger partial charge in [-0.1, -0.05) is 13.8 Å². The van der Waals surface area contributed by atoms with E-state index in [1.807, 2.05) is 12.4 Å². The Labute approximate surface area is 114 Å². The molecule has 0 aliphatic heterocycles. The largest absolute Gasteiger partial charge is 0.370 e. The van der Waals surface area contributed by atoms with Gasteiger partial charge in [0.1, 0.15) is 17.8 Å². The van der Waals surface area contributed by atoms with Crippen molar-refractivity contribution in [3.8, 4) is 11.5 Å². The maximum atomic E-state index is 4.46. The Morgan fingerprint density at radius 3 is 2.63 bits per heavy atom. The number of anilines is 1. The van der Waals surface area contributed by atoms with Crippen molar-refractivity contribution in [2.24, 2.45) is 0 Å². The molecule has 0 radical (unpaired) electrons. The summed E-state index contributed by atoms with van der Waals surface area (Å²) in [6.07, 6.45) is 5.40. The van der Waals surface area contributed by atoms with E-state index in [0.29, 0.717) is 5.92 Å². The fourth-order valence-electron chi connectivity index (χ4n) is 2.21. The van der Waals surface area contributed by atoms with Gasteiger partial charge in [-0.15, -0.1) is 0 Å². The molecule has 0 aliphatic rings. The van der Waals surface area contributed by atoms with E-state index < -0.39 is 0 Å². The van der Waals surface area contributed by atoms with E-state index in [1.54, 1.807) is 6.33 Å². The first-order valence-corrected chi connectivity index (χ1v) is 6.79. The van der Waals surface area contributed by atoms with Gasteiger partial charge in [0, 0.05) is 31.0 Å². The van der Waals surface area contributed by atoms with E-state index in [9.17, 15) is 0 Å². The van der Waals surface area contributed by atoms with Crippen LogP contribution < -0.4 is 5.32 Å². The summed E-state index contributed by atoms with van der Waals surface area (Å²) in [4.78, 5) is 13.3. The lowest BCUT2D eigenvalue weighted by atomic mass is 10.0. The summed E-state index contributed by atoms with van der Waals surface area (Å²) in [5.74, 6) is 2.16. The van der Waals surface area contributed by atoms with Crippen molar-refractivity contribution in [1.29, 1.82) is 0 Å². The zero-order valence-electron chi connectivity index (χ0n) is 12.0. The molecule has 0 spiro atoms. The number of aryl methyl sites for hydroxylation is 1. The van der Waals surface area contributed by atoms with Gasteiger partial charge in [0.25, 0.3) is 0 Å². The van der Waals surface area contributed by atoms with Crippen molar-refractivity contribution in [1.82, 2.24) is 19.5 Å². The van der Waals surface area contributed by atoms with Gasteiger partial charge in [-0.05, 0) is 19.8 Å². The number of hydrogen-bond donors (Lipinski definition) is 1. The lowest BCUT2D eigenvalue weighted by Crippen LogP contribution is -2.09. The van der Waals surface area contributed by atoms with Crippen LogP contribution in [-0.2, 0) is 6.54 Å². The predicted octanol–water partition coefficient (Wildman–Crippen LogP) is 2.92. The van der Waals surface area contributed by atoms with E-state index in [0.717, 1.165) is 36.0 Å². The predicted molar refractivity (Wildman–Crippen MR) is 77.2 cm³/mol. The third-order valence-corrected chi connectivity index (χ3v) is 3.07. The normalized spacial score (nSPS) is 11.0. The van der Waals surface area contributed by atoms with Crippen molar-refractivity contribution < 1.29 is 0 Å². The summed E-state index contributed by atoms with van der Waals surface area (Å²) in [5.41, 5.74) is 2.05. The zero-order valence-corrected chi connectivity index (χ0v) is 12.0. The molecule has 19 heavy (non-hydrogen) atoms. The number of rotatable bonds is 5. The molecular formula is C14H21N5. The Balaban J connectivity index is 2.59. The molecule has 102 valence electrons. The topological polar surface area (TPSA) is 55.6 Å². The molecule has 0 saturated heterocycles. The standard InChI is InChI=1S/C14H21N5/c1-5-15-13-11(10(3)4)12(17-9-18-13)14-16-7-8-19(14)6-2/h7-10H,5-6H2,1-4H3,(H,15,17,18). The van der Waals surface area contributed by atoms with Crippen molar-refractivity contribution in [2.45, 2.75) is 40.2 Å². The molecule has 0 atom stereocenters.